The maximum atomic E-state index is 11.3. The van der Waals surface area contributed by atoms with Gasteiger partial charge in [0.1, 0.15) is 0 Å². The monoisotopic (exact) mass is 326 g/mol. The average Bonchev–Trinajstić information content (AvgIpc) is 2.89. The molecule has 4 rings (SSSR count). The Bertz CT molecular complexity index is 917. The van der Waals surface area contributed by atoms with Crippen molar-refractivity contribution < 1.29 is 9.90 Å². The molecular formula is C18H15ClN2O2. The predicted octanol–water partition coefficient (Wildman–Crippen LogP) is 4.32. The van der Waals surface area contributed by atoms with Crippen LogP contribution in [0.25, 0.3) is 16.6 Å². The van der Waals surface area contributed by atoms with Crippen molar-refractivity contribution in [1.82, 2.24) is 9.47 Å². The lowest BCUT2D eigenvalue weighted by atomic mass is 10.0. The fraction of sp³-hybridized carbons (Fsp3) is 0.167. The summed E-state index contributed by atoms with van der Waals surface area (Å²) in [6, 6.07) is 15.8. The van der Waals surface area contributed by atoms with Crippen molar-refractivity contribution >= 4 is 28.6 Å². The summed E-state index contributed by atoms with van der Waals surface area (Å²) in [5.74, 6) is 0. The summed E-state index contributed by atoms with van der Waals surface area (Å²) in [6.45, 7) is 0.922. The predicted molar refractivity (Wildman–Crippen MR) is 90.4 cm³/mol. The zero-order valence-corrected chi connectivity index (χ0v) is 13.1. The first-order chi connectivity index (χ1) is 11.2. The number of nitrogens with zero attached hydrogens (tertiary/aromatic N) is 2. The maximum absolute atomic E-state index is 11.3. The number of halogens is 1. The van der Waals surface area contributed by atoms with Gasteiger partial charge < -0.3 is 14.6 Å². The number of hydrogen-bond acceptors (Lipinski definition) is 1. The van der Waals surface area contributed by atoms with Gasteiger partial charge in [0.2, 0.25) is 0 Å². The normalized spacial score (nSPS) is 14.0. The van der Waals surface area contributed by atoms with Crippen LogP contribution >= 0.6 is 11.6 Å². The van der Waals surface area contributed by atoms with E-state index >= 15 is 0 Å². The molecular weight excluding hydrogens is 312 g/mol. The summed E-state index contributed by atoms with van der Waals surface area (Å²) in [5, 5.41) is 11.1. The van der Waals surface area contributed by atoms with E-state index in [4.69, 9.17) is 11.6 Å². The van der Waals surface area contributed by atoms with E-state index in [9.17, 15) is 9.90 Å². The second-order valence-electron chi connectivity index (χ2n) is 5.68. The molecule has 1 N–H and O–H groups in total. The minimum atomic E-state index is -0.870. The number of benzene rings is 2. The first-order valence-electron chi connectivity index (χ1n) is 7.51. The Morgan fingerprint density at radius 1 is 1.09 bits per heavy atom. The van der Waals surface area contributed by atoms with E-state index in [1.165, 1.54) is 4.90 Å². The highest BCUT2D eigenvalue weighted by atomic mass is 35.5. The Hall–Kier alpha value is -2.46. The van der Waals surface area contributed by atoms with Gasteiger partial charge in [-0.1, -0.05) is 41.9 Å². The van der Waals surface area contributed by atoms with E-state index in [2.05, 4.69) is 10.6 Å². The molecule has 0 saturated carbocycles. The quantitative estimate of drug-likeness (QED) is 0.724. The second-order valence-corrected chi connectivity index (χ2v) is 6.09. The molecule has 0 spiro atoms. The number of amides is 1. The Balaban J connectivity index is 2.00. The molecule has 1 aliphatic rings. The summed E-state index contributed by atoms with van der Waals surface area (Å²) in [4.78, 5) is 12.8. The van der Waals surface area contributed by atoms with Crippen LogP contribution in [0.15, 0.2) is 48.5 Å². The molecule has 2 heterocycles. The van der Waals surface area contributed by atoms with E-state index in [0.29, 0.717) is 24.5 Å². The molecule has 23 heavy (non-hydrogen) atoms. The summed E-state index contributed by atoms with van der Waals surface area (Å²) < 4.78 is 2.17. The third kappa shape index (κ3) is 2.18. The smallest absolute Gasteiger partial charge is 0.407 e. The summed E-state index contributed by atoms with van der Waals surface area (Å²) in [5.41, 5.74) is 4.24. The number of aromatic nitrogens is 1. The molecule has 0 saturated heterocycles. The first-order valence-corrected chi connectivity index (χ1v) is 7.88. The minimum absolute atomic E-state index is 0.419. The molecule has 5 heteroatoms. The van der Waals surface area contributed by atoms with Gasteiger partial charge in [0.15, 0.2) is 0 Å². The molecule has 0 aliphatic carbocycles. The molecule has 0 fully saturated rings. The molecule has 1 amide bonds. The van der Waals surface area contributed by atoms with E-state index in [1.54, 1.807) is 0 Å². The third-order valence-electron chi connectivity index (χ3n) is 4.42. The molecule has 1 aromatic heterocycles. The molecule has 1 aliphatic heterocycles. The van der Waals surface area contributed by atoms with Gasteiger partial charge in [-0.25, -0.2) is 4.79 Å². The van der Waals surface area contributed by atoms with E-state index < -0.39 is 6.09 Å². The van der Waals surface area contributed by atoms with Crippen molar-refractivity contribution in [3.8, 4) is 5.69 Å². The molecule has 3 aromatic rings. The van der Waals surface area contributed by atoms with Gasteiger partial charge in [-0.05, 0) is 18.2 Å². The Kier molecular flexibility index (Phi) is 3.27. The maximum Gasteiger partial charge on any atom is 0.407 e. The Morgan fingerprint density at radius 2 is 1.83 bits per heavy atom. The SMILES string of the molecule is O=C(O)N1CCc2c(c3ccccc3n2-c2ccccc2Cl)C1. The Labute approximate surface area is 138 Å². The van der Waals surface area contributed by atoms with Crippen LogP contribution in [0.2, 0.25) is 5.02 Å². The number of carboxylic acid groups (broad SMARTS) is 1. The standard InChI is InChI=1S/C18H15ClN2O2/c19-14-6-2-4-8-17(14)21-15-7-3-1-5-12(15)13-11-20(18(22)23)10-9-16(13)21/h1-8H,9-11H2,(H,22,23). The topological polar surface area (TPSA) is 45.5 Å². The Morgan fingerprint density at radius 3 is 2.61 bits per heavy atom. The molecule has 2 aromatic carbocycles. The van der Waals surface area contributed by atoms with Crippen LogP contribution in [0.3, 0.4) is 0 Å². The van der Waals surface area contributed by atoms with Gasteiger partial charge in [0, 0.05) is 29.6 Å². The summed E-state index contributed by atoms with van der Waals surface area (Å²) in [7, 11) is 0. The highest BCUT2D eigenvalue weighted by Crippen LogP contribution is 2.35. The number of hydrogen-bond donors (Lipinski definition) is 1. The largest absolute Gasteiger partial charge is 0.465 e. The van der Waals surface area contributed by atoms with Crippen LogP contribution < -0.4 is 0 Å². The van der Waals surface area contributed by atoms with Crippen molar-refractivity contribution in [2.45, 2.75) is 13.0 Å². The van der Waals surface area contributed by atoms with Gasteiger partial charge in [-0.3, -0.25) is 0 Å². The first kappa shape index (κ1) is 14.2. The molecule has 116 valence electrons. The third-order valence-corrected chi connectivity index (χ3v) is 4.74. The van der Waals surface area contributed by atoms with Crippen LogP contribution in [0.4, 0.5) is 4.79 Å². The average molecular weight is 327 g/mol. The fourth-order valence-electron chi connectivity index (χ4n) is 3.38. The molecule has 0 unspecified atom stereocenters. The molecule has 0 radical (unpaired) electrons. The zero-order chi connectivity index (χ0) is 16.0. The molecule has 0 bridgehead atoms. The van der Waals surface area contributed by atoms with Crippen LogP contribution in [0.5, 0.6) is 0 Å². The lowest BCUT2D eigenvalue weighted by molar-refractivity contribution is 0.140. The number of fused-ring (bicyclic) bond motifs is 3. The highest BCUT2D eigenvalue weighted by Gasteiger charge is 2.27. The van der Waals surface area contributed by atoms with E-state index in [-0.39, 0.29) is 0 Å². The lowest BCUT2D eigenvalue weighted by Crippen LogP contribution is -2.35. The van der Waals surface area contributed by atoms with Crippen molar-refractivity contribution in [1.29, 1.82) is 0 Å². The van der Waals surface area contributed by atoms with Crippen LogP contribution in [0.1, 0.15) is 11.3 Å². The van der Waals surface area contributed by atoms with Crippen molar-refractivity contribution in [3.05, 3.63) is 64.8 Å². The second kappa shape index (κ2) is 5.32. The van der Waals surface area contributed by atoms with Crippen LogP contribution in [0, 0.1) is 0 Å². The van der Waals surface area contributed by atoms with Crippen molar-refractivity contribution in [2.24, 2.45) is 0 Å². The number of rotatable bonds is 1. The van der Waals surface area contributed by atoms with Gasteiger partial charge in [0.25, 0.3) is 0 Å². The summed E-state index contributed by atoms with van der Waals surface area (Å²) in [6.07, 6.45) is -0.188. The highest BCUT2D eigenvalue weighted by molar-refractivity contribution is 6.32. The molecule has 4 nitrogen and oxygen atoms in total. The number of para-hydroxylation sites is 2. The minimum Gasteiger partial charge on any atom is -0.465 e. The van der Waals surface area contributed by atoms with Gasteiger partial charge in [-0.15, -0.1) is 0 Å². The van der Waals surface area contributed by atoms with Crippen LogP contribution in [-0.2, 0) is 13.0 Å². The van der Waals surface area contributed by atoms with E-state index in [1.807, 2.05) is 42.5 Å². The van der Waals surface area contributed by atoms with Gasteiger partial charge >= 0.3 is 6.09 Å². The molecule has 0 atom stereocenters. The summed E-state index contributed by atoms with van der Waals surface area (Å²) >= 11 is 6.41. The fourth-order valence-corrected chi connectivity index (χ4v) is 3.60. The van der Waals surface area contributed by atoms with Crippen molar-refractivity contribution in [3.63, 3.8) is 0 Å². The van der Waals surface area contributed by atoms with Gasteiger partial charge in [-0.2, -0.15) is 0 Å². The lowest BCUT2D eigenvalue weighted by Gasteiger charge is -2.26. The van der Waals surface area contributed by atoms with E-state index in [0.717, 1.165) is 27.8 Å². The van der Waals surface area contributed by atoms with Crippen molar-refractivity contribution in [2.75, 3.05) is 6.54 Å². The van der Waals surface area contributed by atoms with Gasteiger partial charge in [0.05, 0.1) is 22.8 Å². The zero-order valence-electron chi connectivity index (χ0n) is 12.4. The van der Waals surface area contributed by atoms with Crippen LogP contribution in [-0.4, -0.2) is 27.2 Å². The number of carbonyl (C=O) groups is 1.